The Hall–Kier alpha value is -4.09. The Balaban J connectivity index is 1.07. The van der Waals surface area contributed by atoms with Gasteiger partial charge in [0.2, 0.25) is 12.7 Å². The Labute approximate surface area is 206 Å². The number of carbonyl (C=O) groups excluding carboxylic acids is 1. The number of aromatic nitrogens is 2. The minimum atomic E-state index is -0.575. The molecule has 4 heterocycles. The molecule has 2 aromatic carbocycles. The first-order valence-electron chi connectivity index (χ1n) is 11.5. The minimum Gasteiger partial charge on any atom is -0.497 e. The van der Waals surface area contributed by atoms with Crippen molar-refractivity contribution in [2.45, 2.75) is 24.4 Å². The number of nitrogens with one attached hydrogen (secondary N) is 2. The van der Waals surface area contributed by atoms with Gasteiger partial charge in [-0.3, -0.25) is 5.32 Å². The van der Waals surface area contributed by atoms with Crippen molar-refractivity contribution in [3.63, 3.8) is 0 Å². The van der Waals surface area contributed by atoms with Crippen molar-refractivity contribution in [2.75, 3.05) is 37.8 Å². The summed E-state index contributed by atoms with van der Waals surface area (Å²) in [5.74, 6) is 2.55. The Bertz CT molecular complexity index is 1260. The van der Waals surface area contributed by atoms with Gasteiger partial charge in [-0.15, -0.1) is 0 Å². The highest BCUT2D eigenvalue weighted by Gasteiger charge is 2.49. The summed E-state index contributed by atoms with van der Waals surface area (Å²) in [6, 6.07) is 14.3. The van der Waals surface area contributed by atoms with Crippen LogP contribution >= 0.6 is 0 Å². The SMILES string of the molecule is COc1ccc(NC(=O)O[C@@H]2CO[C@H]3[C@@H]2OC[C@@H]3Nc2nccc(-c3ccc4c(c3)OCO4)n2)cc1. The van der Waals surface area contributed by atoms with Crippen molar-refractivity contribution >= 4 is 17.7 Å². The van der Waals surface area contributed by atoms with Gasteiger partial charge >= 0.3 is 6.09 Å². The second-order valence-electron chi connectivity index (χ2n) is 8.48. The lowest BCUT2D eigenvalue weighted by Gasteiger charge is -2.18. The molecule has 2 fully saturated rings. The molecule has 3 aromatic rings. The van der Waals surface area contributed by atoms with E-state index in [1.165, 1.54) is 0 Å². The summed E-state index contributed by atoms with van der Waals surface area (Å²) >= 11 is 0. The van der Waals surface area contributed by atoms with Crippen LogP contribution in [0, 0.1) is 0 Å². The molecule has 1 aromatic heterocycles. The molecule has 0 radical (unpaired) electrons. The number of carbonyl (C=O) groups is 1. The fourth-order valence-electron chi connectivity index (χ4n) is 4.46. The summed E-state index contributed by atoms with van der Waals surface area (Å²) < 4.78 is 33.4. The van der Waals surface area contributed by atoms with E-state index >= 15 is 0 Å². The van der Waals surface area contributed by atoms with Crippen LogP contribution in [0.3, 0.4) is 0 Å². The molecule has 0 unspecified atom stereocenters. The number of benzene rings is 2. The fraction of sp³-hybridized carbons (Fsp3) is 0.320. The number of nitrogens with zero attached hydrogens (tertiary/aromatic N) is 2. The number of methoxy groups -OCH3 is 1. The zero-order valence-electron chi connectivity index (χ0n) is 19.4. The monoisotopic (exact) mass is 492 g/mol. The molecular formula is C25H24N4O7. The molecule has 2 saturated heterocycles. The Morgan fingerprint density at radius 2 is 1.83 bits per heavy atom. The molecule has 4 atom stereocenters. The van der Waals surface area contributed by atoms with E-state index in [1.807, 2.05) is 24.3 Å². The van der Waals surface area contributed by atoms with Crippen molar-refractivity contribution in [1.29, 1.82) is 0 Å². The topological polar surface area (TPSA) is 122 Å². The van der Waals surface area contributed by atoms with E-state index in [2.05, 4.69) is 20.6 Å². The van der Waals surface area contributed by atoms with Crippen LogP contribution in [-0.2, 0) is 14.2 Å². The van der Waals surface area contributed by atoms with E-state index < -0.39 is 12.2 Å². The highest BCUT2D eigenvalue weighted by molar-refractivity contribution is 5.84. The van der Waals surface area contributed by atoms with Gasteiger partial charge in [0.25, 0.3) is 0 Å². The average Bonchev–Trinajstić information content (AvgIpc) is 3.63. The predicted octanol–water partition coefficient (Wildman–Crippen LogP) is 3.08. The molecule has 36 heavy (non-hydrogen) atoms. The van der Waals surface area contributed by atoms with E-state index in [9.17, 15) is 4.79 Å². The molecule has 6 rings (SSSR count). The second-order valence-corrected chi connectivity index (χ2v) is 8.48. The Morgan fingerprint density at radius 1 is 1.00 bits per heavy atom. The molecule has 0 bridgehead atoms. The van der Waals surface area contributed by atoms with Crippen LogP contribution in [0.4, 0.5) is 16.4 Å². The molecule has 11 heteroatoms. The molecular weight excluding hydrogens is 468 g/mol. The number of hydrogen-bond acceptors (Lipinski definition) is 10. The molecule has 3 aliphatic rings. The van der Waals surface area contributed by atoms with Gasteiger partial charge < -0.3 is 33.7 Å². The number of rotatable bonds is 6. The van der Waals surface area contributed by atoms with Crippen LogP contribution in [0.5, 0.6) is 17.2 Å². The van der Waals surface area contributed by atoms with Crippen LogP contribution < -0.4 is 24.8 Å². The number of anilines is 2. The normalized spacial score (nSPS) is 23.7. The Kier molecular flexibility index (Phi) is 5.91. The number of ether oxygens (including phenoxy) is 6. The first-order valence-corrected chi connectivity index (χ1v) is 11.5. The largest absolute Gasteiger partial charge is 0.497 e. The summed E-state index contributed by atoms with van der Waals surface area (Å²) in [4.78, 5) is 21.4. The van der Waals surface area contributed by atoms with Gasteiger partial charge in [-0.2, -0.15) is 0 Å². The van der Waals surface area contributed by atoms with Gasteiger partial charge in [-0.05, 0) is 48.5 Å². The molecule has 0 saturated carbocycles. The molecule has 2 N–H and O–H groups in total. The molecule has 3 aliphatic heterocycles. The highest BCUT2D eigenvalue weighted by atomic mass is 16.7. The van der Waals surface area contributed by atoms with E-state index in [0.29, 0.717) is 35.5 Å². The second kappa shape index (κ2) is 9.51. The third-order valence-corrected chi connectivity index (χ3v) is 6.24. The summed E-state index contributed by atoms with van der Waals surface area (Å²) in [6.07, 6.45) is -0.106. The molecule has 11 nitrogen and oxygen atoms in total. The molecule has 1 amide bonds. The highest BCUT2D eigenvalue weighted by Crippen LogP contribution is 2.36. The number of hydrogen-bond donors (Lipinski definition) is 2. The van der Waals surface area contributed by atoms with E-state index in [0.717, 1.165) is 11.3 Å². The van der Waals surface area contributed by atoms with E-state index in [4.69, 9.17) is 28.4 Å². The van der Waals surface area contributed by atoms with E-state index in [-0.39, 0.29) is 31.6 Å². The van der Waals surface area contributed by atoms with Crippen molar-refractivity contribution in [3.05, 3.63) is 54.7 Å². The van der Waals surface area contributed by atoms with Gasteiger partial charge in [0.1, 0.15) is 18.0 Å². The summed E-state index contributed by atoms with van der Waals surface area (Å²) in [7, 11) is 1.58. The summed E-state index contributed by atoms with van der Waals surface area (Å²) in [5, 5.41) is 6.01. The quantitative estimate of drug-likeness (QED) is 0.531. The number of amides is 1. The summed E-state index contributed by atoms with van der Waals surface area (Å²) in [5.41, 5.74) is 2.23. The average molecular weight is 492 g/mol. The third-order valence-electron chi connectivity index (χ3n) is 6.24. The predicted molar refractivity (Wildman–Crippen MR) is 127 cm³/mol. The van der Waals surface area contributed by atoms with Crippen molar-refractivity contribution in [1.82, 2.24) is 9.97 Å². The van der Waals surface area contributed by atoms with Crippen LogP contribution in [0.25, 0.3) is 11.3 Å². The van der Waals surface area contributed by atoms with Crippen LogP contribution in [0.1, 0.15) is 0 Å². The third kappa shape index (κ3) is 4.45. The first-order chi connectivity index (χ1) is 17.7. The molecule has 0 spiro atoms. The lowest BCUT2D eigenvalue weighted by Crippen LogP contribution is -2.38. The maximum atomic E-state index is 12.4. The van der Waals surface area contributed by atoms with E-state index in [1.54, 1.807) is 37.6 Å². The molecule has 0 aliphatic carbocycles. The molecule has 186 valence electrons. The van der Waals surface area contributed by atoms with Crippen molar-refractivity contribution in [2.24, 2.45) is 0 Å². The van der Waals surface area contributed by atoms with Gasteiger partial charge in [-0.1, -0.05) is 0 Å². The Morgan fingerprint density at radius 3 is 2.69 bits per heavy atom. The van der Waals surface area contributed by atoms with Crippen molar-refractivity contribution in [3.8, 4) is 28.5 Å². The van der Waals surface area contributed by atoms with Gasteiger partial charge in [0, 0.05) is 17.4 Å². The standard InChI is InChI=1S/C25H24N4O7/c1-31-16-5-3-15(4-6-16)27-25(30)36-21-12-33-22-18(11-32-23(21)22)29-24-26-9-8-17(28-24)14-2-7-19-20(10-14)35-13-34-19/h2-10,18,21-23H,11-13H2,1H3,(H,27,30)(H,26,28,29)/t18-,21+,22+,23+/m0/s1. The minimum absolute atomic E-state index is 0.194. The van der Waals surface area contributed by atoms with Crippen LogP contribution in [0.2, 0.25) is 0 Å². The first kappa shape index (κ1) is 22.4. The maximum Gasteiger partial charge on any atom is 0.412 e. The maximum absolute atomic E-state index is 12.4. The number of fused-ring (bicyclic) bond motifs is 2. The van der Waals surface area contributed by atoms with Crippen LogP contribution in [-0.4, -0.2) is 67.5 Å². The van der Waals surface area contributed by atoms with Gasteiger partial charge in [0.15, 0.2) is 17.6 Å². The lowest BCUT2D eigenvalue weighted by atomic mass is 10.1. The smallest absolute Gasteiger partial charge is 0.412 e. The fourth-order valence-corrected chi connectivity index (χ4v) is 4.46. The van der Waals surface area contributed by atoms with Crippen molar-refractivity contribution < 1.29 is 33.2 Å². The van der Waals surface area contributed by atoms with Gasteiger partial charge in [-0.25, -0.2) is 14.8 Å². The zero-order valence-corrected chi connectivity index (χ0v) is 19.4. The zero-order chi connectivity index (χ0) is 24.5. The van der Waals surface area contributed by atoms with Gasteiger partial charge in [0.05, 0.1) is 32.1 Å². The lowest BCUT2D eigenvalue weighted by molar-refractivity contribution is 0.00917. The summed E-state index contributed by atoms with van der Waals surface area (Å²) in [6.45, 7) is 0.821. The van der Waals surface area contributed by atoms with Crippen LogP contribution in [0.15, 0.2) is 54.7 Å².